The largest absolute Gasteiger partial charge is 0.466 e. The van der Waals surface area contributed by atoms with Crippen LogP contribution in [0.4, 0.5) is 0 Å². The lowest BCUT2D eigenvalue weighted by molar-refractivity contribution is -0.134. The van der Waals surface area contributed by atoms with Gasteiger partial charge in [0.1, 0.15) is 6.29 Å². The molecule has 0 saturated carbocycles. The van der Waals surface area contributed by atoms with Gasteiger partial charge in [0.15, 0.2) is 0 Å². The van der Waals surface area contributed by atoms with Gasteiger partial charge in [-0.25, -0.2) is 4.79 Å². The van der Waals surface area contributed by atoms with Gasteiger partial charge in [0.2, 0.25) is 0 Å². The third-order valence-corrected chi connectivity index (χ3v) is 0.535. The van der Waals surface area contributed by atoms with Gasteiger partial charge >= 0.3 is 5.97 Å². The number of rotatable bonds is 2. The molecular formula is C7H12O3. The summed E-state index contributed by atoms with van der Waals surface area (Å²) in [6.07, 6.45) is 2.62. The minimum Gasteiger partial charge on any atom is -0.466 e. The van der Waals surface area contributed by atoms with Gasteiger partial charge in [-0.1, -0.05) is 13.5 Å². The second-order valence-corrected chi connectivity index (χ2v) is 1.30. The second kappa shape index (κ2) is 10.8. The molecule has 58 valence electrons. The van der Waals surface area contributed by atoms with E-state index in [1.165, 1.54) is 7.11 Å². The highest BCUT2D eigenvalue weighted by atomic mass is 16.5. The molecule has 0 radical (unpaired) electrons. The Labute approximate surface area is 60.7 Å². The Bertz CT molecular complexity index is 107. The zero-order chi connectivity index (χ0) is 8.41. The summed E-state index contributed by atoms with van der Waals surface area (Å²) < 4.78 is 4.14. The average Bonchev–Trinajstić information content (AvgIpc) is 2.03. The molecule has 0 heterocycles. The minimum atomic E-state index is -0.394. The van der Waals surface area contributed by atoms with Gasteiger partial charge in [-0.15, -0.1) is 0 Å². The normalized spacial score (nSPS) is 6.60. The van der Waals surface area contributed by atoms with Crippen molar-refractivity contribution in [1.82, 2.24) is 0 Å². The maximum atomic E-state index is 9.84. The molecule has 0 aliphatic carbocycles. The molecule has 0 spiro atoms. The molecule has 0 unspecified atom stereocenters. The van der Waals surface area contributed by atoms with E-state index >= 15 is 0 Å². The van der Waals surface area contributed by atoms with Crippen molar-refractivity contribution in [2.75, 3.05) is 7.11 Å². The molecular weight excluding hydrogens is 132 g/mol. The first-order valence-corrected chi connectivity index (χ1v) is 2.86. The van der Waals surface area contributed by atoms with Crippen LogP contribution in [0.3, 0.4) is 0 Å². The summed E-state index contributed by atoms with van der Waals surface area (Å²) >= 11 is 0. The minimum absolute atomic E-state index is 0.394. The fourth-order valence-electron chi connectivity index (χ4n) is 0.0833. The van der Waals surface area contributed by atoms with Crippen LogP contribution in [0.15, 0.2) is 12.7 Å². The quantitative estimate of drug-likeness (QED) is 0.329. The Kier molecular flexibility index (Phi) is 12.6. The fourth-order valence-corrected chi connectivity index (χ4v) is 0.0833. The van der Waals surface area contributed by atoms with E-state index in [0.29, 0.717) is 6.42 Å². The zero-order valence-electron chi connectivity index (χ0n) is 6.29. The van der Waals surface area contributed by atoms with Crippen molar-refractivity contribution in [1.29, 1.82) is 0 Å². The Morgan fingerprint density at radius 3 is 2.10 bits per heavy atom. The Morgan fingerprint density at radius 2 is 2.10 bits per heavy atom. The topological polar surface area (TPSA) is 43.4 Å². The molecule has 0 bridgehead atoms. The number of hydrogen-bond acceptors (Lipinski definition) is 3. The summed E-state index contributed by atoms with van der Waals surface area (Å²) in [7, 11) is 1.31. The van der Waals surface area contributed by atoms with Crippen molar-refractivity contribution < 1.29 is 14.3 Å². The maximum Gasteiger partial charge on any atom is 0.329 e. The van der Waals surface area contributed by atoms with Crippen LogP contribution in [0.1, 0.15) is 13.3 Å². The predicted octanol–water partition coefficient (Wildman–Crippen LogP) is 0.941. The number of carbonyl (C=O) groups excluding carboxylic acids is 2. The second-order valence-electron chi connectivity index (χ2n) is 1.30. The molecule has 0 aromatic carbocycles. The van der Waals surface area contributed by atoms with Crippen LogP contribution >= 0.6 is 0 Å². The average molecular weight is 144 g/mol. The summed E-state index contributed by atoms with van der Waals surface area (Å²) in [6, 6.07) is 0. The number of aldehydes is 1. The fraction of sp³-hybridized carbons (Fsp3) is 0.429. The van der Waals surface area contributed by atoms with Crippen LogP contribution in [0.5, 0.6) is 0 Å². The van der Waals surface area contributed by atoms with Crippen molar-refractivity contribution in [3.63, 3.8) is 0 Å². The van der Waals surface area contributed by atoms with E-state index in [1.807, 2.05) is 6.92 Å². The van der Waals surface area contributed by atoms with E-state index in [4.69, 9.17) is 0 Å². The van der Waals surface area contributed by atoms with Crippen LogP contribution in [0.2, 0.25) is 0 Å². The van der Waals surface area contributed by atoms with Crippen LogP contribution in [-0.2, 0) is 14.3 Å². The molecule has 0 rings (SSSR count). The first-order valence-electron chi connectivity index (χ1n) is 2.86. The molecule has 0 aromatic rings. The number of methoxy groups -OCH3 is 1. The maximum absolute atomic E-state index is 9.84. The van der Waals surface area contributed by atoms with E-state index in [0.717, 1.165) is 12.4 Å². The van der Waals surface area contributed by atoms with Gasteiger partial charge < -0.3 is 9.53 Å². The van der Waals surface area contributed by atoms with Gasteiger partial charge in [0.05, 0.1) is 7.11 Å². The van der Waals surface area contributed by atoms with E-state index in [1.54, 1.807) is 0 Å². The Balaban J connectivity index is 0. The zero-order valence-corrected chi connectivity index (χ0v) is 6.29. The van der Waals surface area contributed by atoms with Crippen LogP contribution in [0, 0.1) is 0 Å². The van der Waals surface area contributed by atoms with Crippen molar-refractivity contribution >= 4 is 12.3 Å². The SMILES string of the molecule is C=CC(=O)OC.CCC=O. The third kappa shape index (κ3) is 15.8. The number of hydrogen-bond donors (Lipinski definition) is 0. The van der Waals surface area contributed by atoms with Gasteiger partial charge in [-0.05, 0) is 0 Å². The highest BCUT2D eigenvalue weighted by molar-refractivity contribution is 5.80. The Morgan fingerprint density at radius 1 is 1.70 bits per heavy atom. The van der Waals surface area contributed by atoms with Gasteiger partial charge in [0.25, 0.3) is 0 Å². The summed E-state index contributed by atoms with van der Waals surface area (Å²) in [5.41, 5.74) is 0. The molecule has 0 aliphatic heterocycles. The van der Waals surface area contributed by atoms with Gasteiger partial charge in [-0.3, -0.25) is 0 Å². The van der Waals surface area contributed by atoms with Crippen molar-refractivity contribution in [2.45, 2.75) is 13.3 Å². The van der Waals surface area contributed by atoms with Crippen LogP contribution in [-0.4, -0.2) is 19.4 Å². The monoisotopic (exact) mass is 144 g/mol. The first-order chi connectivity index (χ1) is 4.72. The van der Waals surface area contributed by atoms with E-state index in [-0.39, 0.29) is 0 Å². The molecule has 0 saturated heterocycles. The summed E-state index contributed by atoms with van der Waals surface area (Å²) in [6.45, 7) is 4.97. The summed E-state index contributed by atoms with van der Waals surface area (Å²) in [5, 5.41) is 0. The van der Waals surface area contributed by atoms with E-state index in [2.05, 4.69) is 11.3 Å². The summed E-state index contributed by atoms with van der Waals surface area (Å²) in [4.78, 5) is 19.0. The highest BCUT2D eigenvalue weighted by Gasteiger charge is 1.81. The smallest absolute Gasteiger partial charge is 0.329 e. The lowest BCUT2D eigenvalue weighted by atomic mass is 10.6. The molecule has 0 atom stereocenters. The first kappa shape index (κ1) is 11.6. The number of carbonyl (C=O) groups is 2. The highest BCUT2D eigenvalue weighted by Crippen LogP contribution is 1.67. The van der Waals surface area contributed by atoms with E-state index < -0.39 is 5.97 Å². The molecule has 10 heavy (non-hydrogen) atoms. The molecule has 0 aromatic heterocycles. The molecule has 0 aliphatic rings. The van der Waals surface area contributed by atoms with Crippen molar-refractivity contribution in [2.24, 2.45) is 0 Å². The lowest BCUT2D eigenvalue weighted by Crippen LogP contribution is -1.91. The van der Waals surface area contributed by atoms with Crippen molar-refractivity contribution in [3.05, 3.63) is 12.7 Å². The van der Waals surface area contributed by atoms with Gasteiger partial charge in [-0.2, -0.15) is 0 Å². The molecule has 0 fully saturated rings. The molecule has 0 N–H and O–H groups in total. The predicted molar refractivity (Wildman–Crippen MR) is 38.6 cm³/mol. The van der Waals surface area contributed by atoms with Crippen LogP contribution < -0.4 is 0 Å². The lowest BCUT2D eigenvalue weighted by Gasteiger charge is -1.83. The van der Waals surface area contributed by atoms with Crippen LogP contribution in [0.25, 0.3) is 0 Å². The van der Waals surface area contributed by atoms with E-state index in [9.17, 15) is 9.59 Å². The number of ether oxygens (including phenoxy) is 1. The van der Waals surface area contributed by atoms with Crippen molar-refractivity contribution in [3.8, 4) is 0 Å². The summed E-state index contributed by atoms with van der Waals surface area (Å²) in [5.74, 6) is -0.394. The third-order valence-electron chi connectivity index (χ3n) is 0.535. The standard InChI is InChI=1S/C4H6O2.C3H6O/c1-3-4(5)6-2;1-2-3-4/h3H,1H2,2H3;3H,2H2,1H3. The molecule has 0 amide bonds. The molecule has 3 heteroatoms. The number of esters is 1. The van der Waals surface area contributed by atoms with Gasteiger partial charge in [0, 0.05) is 12.5 Å². The Hall–Kier alpha value is -1.12. The molecule has 3 nitrogen and oxygen atoms in total.